The molecule has 0 bridgehead atoms. The normalized spacial score (nSPS) is 20.9. The highest BCUT2D eigenvalue weighted by molar-refractivity contribution is 5.74. The van der Waals surface area contributed by atoms with Gasteiger partial charge in [-0.15, -0.1) is 0 Å². The Morgan fingerprint density at radius 3 is 2.94 bits per heavy atom. The molecule has 86 valence electrons. The summed E-state index contributed by atoms with van der Waals surface area (Å²) in [6.45, 7) is 3.54. The second-order valence-corrected chi connectivity index (χ2v) is 3.95. The summed E-state index contributed by atoms with van der Waals surface area (Å²) in [4.78, 5) is 13.2. The van der Waals surface area contributed by atoms with Gasteiger partial charge in [-0.2, -0.15) is 0 Å². The van der Waals surface area contributed by atoms with Crippen LogP contribution < -0.4 is 5.32 Å². The van der Waals surface area contributed by atoms with Crippen LogP contribution in [0.3, 0.4) is 0 Å². The van der Waals surface area contributed by atoms with Gasteiger partial charge >= 0.3 is 0 Å². The topological polar surface area (TPSA) is 32.3 Å². The summed E-state index contributed by atoms with van der Waals surface area (Å²) in [7, 11) is 0. The van der Waals surface area contributed by atoms with E-state index < -0.39 is 0 Å². The van der Waals surface area contributed by atoms with Crippen LogP contribution in [-0.2, 0) is 4.79 Å². The van der Waals surface area contributed by atoms with Crippen LogP contribution in [0.1, 0.15) is 18.5 Å². The monoisotopic (exact) mass is 222 g/mol. The Morgan fingerprint density at radius 1 is 1.50 bits per heavy atom. The molecule has 0 spiro atoms. The molecule has 4 heteroatoms. The van der Waals surface area contributed by atoms with Crippen molar-refractivity contribution in [3.05, 3.63) is 35.6 Å². The fourth-order valence-electron chi connectivity index (χ4n) is 2.10. The predicted octanol–water partition coefficient (Wildman–Crippen LogP) is 1.32. The molecule has 1 aromatic carbocycles. The summed E-state index contributed by atoms with van der Waals surface area (Å²) in [5.74, 6) is -0.253. The van der Waals surface area contributed by atoms with Gasteiger partial charge in [-0.05, 0) is 6.07 Å². The molecule has 1 saturated heterocycles. The van der Waals surface area contributed by atoms with Crippen LogP contribution in [0.4, 0.5) is 4.39 Å². The van der Waals surface area contributed by atoms with Crippen molar-refractivity contribution in [3.8, 4) is 0 Å². The Labute approximate surface area is 94.3 Å². The van der Waals surface area contributed by atoms with Gasteiger partial charge in [0.25, 0.3) is 0 Å². The maximum absolute atomic E-state index is 13.6. The van der Waals surface area contributed by atoms with Crippen LogP contribution in [0.5, 0.6) is 0 Å². The van der Waals surface area contributed by atoms with Crippen molar-refractivity contribution in [1.29, 1.82) is 0 Å². The third kappa shape index (κ3) is 2.07. The number of nitrogens with zero attached hydrogens (tertiary/aromatic N) is 1. The summed E-state index contributed by atoms with van der Waals surface area (Å²) in [6, 6.07) is 6.44. The van der Waals surface area contributed by atoms with Crippen molar-refractivity contribution in [2.24, 2.45) is 0 Å². The SMILES string of the molecule is CC(=O)N1CCNC[C@H]1c1ccccc1F. The van der Waals surface area contributed by atoms with E-state index in [1.54, 1.807) is 23.1 Å². The Hall–Kier alpha value is -1.42. The quantitative estimate of drug-likeness (QED) is 0.777. The first kappa shape index (κ1) is 11.1. The van der Waals surface area contributed by atoms with E-state index in [0.717, 1.165) is 6.54 Å². The summed E-state index contributed by atoms with van der Waals surface area (Å²) >= 11 is 0. The molecular weight excluding hydrogens is 207 g/mol. The van der Waals surface area contributed by atoms with Crippen molar-refractivity contribution >= 4 is 5.91 Å². The largest absolute Gasteiger partial charge is 0.333 e. The Bertz CT molecular complexity index is 394. The third-order valence-electron chi connectivity index (χ3n) is 2.91. The average Bonchev–Trinajstić information content (AvgIpc) is 2.29. The molecule has 1 aliphatic heterocycles. The van der Waals surface area contributed by atoms with E-state index in [1.807, 2.05) is 0 Å². The molecule has 1 N–H and O–H groups in total. The zero-order chi connectivity index (χ0) is 11.5. The molecule has 0 aliphatic carbocycles. The number of rotatable bonds is 1. The molecule has 0 saturated carbocycles. The van der Waals surface area contributed by atoms with Crippen LogP contribution in [0.2, 0.25) is 0 Å². The van der Waals surface area contributed by atoms with E-state index in [0.29, 0.717) is 18.7 Å². The lowest BCUT2D eigenvalue weighted by atomic mass is 10.0. The molecule has 2 rings (SSSR count). The van der Waals surface area contributed by atoms with Gasteiger partial charge in [0.05, 0.1) is 6.04 Å². The Kier molecular flexibility index (Phi) is 3.19. The number of nitrogens with one attached hydrogen (secondary N) is 1. The van der Waals surface area contributed by atoms with Crippen molar-refractivity contribution in [2.45, 2.75) is 13.0 Å². The fourth-order valence-corrected chi connectivity index (χ4v) is 2.10. The lowest BCUT2D eigenvalue weighted by molar-refractivity contribution is -0.132. The Morgan fingerprint density at radius 2 is 2.25 bits per heavy atom. The summed E-state index contributed by atoms with van der Waals surface area (Å²) in [5, 5.41) is 3.18. The molecule has 0 radical (unpaired) electrons. The van der Waals surface area contributed by atoms with Gasteiger partial charge in [0.15, 0.2) is 0 Å². The van der Waals surface area contributed by atoms with Gasteiger partial charge in [-0.1, -0.05) is 18.2 Å². The van der Waals surface area contributed by atoms with Crippen molar-refractivity contribution < 1.29 is 9.18 Å². The molecule has 1 amide bonds. The summed E-state index contributed by atoms with van der Waals surface area (Å²) < 4.78 is 13.6. The summed E-state index contributed by atoms with van der Waals surface area (Å²) in [5.41, 5.74) is 0.588. The number of halogens is 1. The second kappa shape index (κ2) is 4.61. The van der Waals surface area contributed by atoms with E-state index in [2.05, 4.69) is 5.32 Å². The first-order valence-electron chi connectivity index (χ1n) is 5.42. The fraction of sp³-hybridized carbons (Fsp3) is 0.417. The van der Waals surface area contributed by atoms with Gasteiger partial charge in [0.2, 0.25) is 5.91 Å². The Balaban J connectivity index is 2.30. The van der Waals surface area contributed by atoms with Crippen LogP contribution >= 0.6 is 0 Å². The predicted molar refractivity (Wildman–Crippen MR) is 59.4 cm³/mol. The smallest absolute Gasteiger partial charge is 0.220 e. The number of benzene rings is 1. The van der Waals surface area contributed by atoms with Gasteiger partial charge in [0.1, 0.15) is 5.82 Å². The number of piperazine rings is 1. The second-order valence-electron chi connectivity index (χ2n) is 3.95. The minimum atomic E-state index is -0.248. The highest BCUT2D eigenvalue weighted by Crippen LogP contribution is 2.24. The number of carbonyl (C=O) groups is 1. The molecule has 1 aliphatic rings. The molecule has 0 unspecified atom stereocenters. The van der Waals surface area contributed by atoms with E-state index in [1.165, 1.54) is 13.0 Å². The lowest BCUT2D eigenvalue weighted by Crippen LogP contribution is -2.48. The minimum Gasteiger partial charge on any atom is -0.333 e. The molecule has 1 heterocycles. The van der Waals surface area contributed by atoms with E-state index in [4.69, 9.17) is 0 Å². The maximum atomic E-state index is 13.6. The highest BCUT2D eigenvalue weighted by atomic mass is 19.1. The molecule has 3 nitrogen and oxygen atoms in total. The molecule has 1 atom stereocenters. The van der Waals surface area contributed by atoms with Gasteiger partial charge in [-0.25, -0.2) is 4.39 Å². The zero-order valence-electron chi connectivity index (χ0n) is 9.24. The molecule has 1 aromatic rings. The maximum Gasteiger partial charge on any atom is 0.220 e. The van der Waals surface area contributed by atoms with E-state index in [-0.39, 0.29) is 17.8 Å². The molecule has 1 fully saturated rings. The minimum absolute atomic E-state index is 0.00486. The molecule has 0 aromatic heterocycles. The highest BCUT2D eigenvalue weighted by Gasteiger charge is 2.27. The van der Waals surface area contributed by atoms with Gasteiger partial charge in [-0.3, -0.25) is 4.79 Å². The van der Waals surface area contributed by atoms with Crippen LogP contribution in [-0.4, -0.2) is 30.4 Å². The lowest BCUT2D eigenvalue weighted by Gasteiger charge is -2.36. The third-order valence-corrected chi connectivity index (χ3v) is 2.91. The van der Waals surface area contributed by atoms with Crippen molar-refractivity contribution in [1.82, 2.24) is 10.2 Å². The van der Waals surface area contributed by atoms with Crippen molar-refractivity contribution in [3.63, 3.8) is 0 Å². The first-order chi connectivity index (χ1) is 7.70. The number of carbonyl (C=O) groups excluding carboxylic acids is 1. The number of amides is 1. The van der Waals surface area contributed by atoms with Gasteiger partial charge in [0, 0.05) is 32.1 Å². The van der Waals surface area contributed by atoms with Crippen molar-refractivity contribution in [2.75, 3.05) is 19.6 Å². The first-order valence-corrected chi connectivity index (χ1v) is 5.42. The number of hydrogen-bond acceptors (Lipinski definition) is 2. The van der Waals surface area contributed by atoms with Crippen LogP contribution in [0.25, 0.3) is 0 Å². The molecular formula is C12H15FN2O. The summed E-state index contributed by atoms with van der Waals surface area (Å²) in [6.07, 6.45) is 0. The molecule has 16 heavy (non-hydrogen) atoms. The van der Waals surface area contributed by atoms with Crippen LogP contribution in [0.15, 0.2) is 24.3 Å². The number of hydrogen-bond donors (Lipinski definition) is 1. The van der Waals surface area contributed by atoms with E-state index >= 15 is 0 Å². The zero-order valence-corrected chi connectivity index (χ0v) is 9.24. The average molecular weight is 222 g/mol. The van der Waals surface area contributed by atoms with Crippen LogP contribution in [0, 0.1) is 5.82 Å². The standard InChI is InChI=1S/C12H15FN2O/c1-9(16)15-7-6-14-8-12(15)10-4-2-3-5-11(10)13/h2-5,12,14H,6-8H2,1H3/t12-/m0/s1. The van der Waals surface area contributed by atoms with Gasteiger partial charge < -0.3 is 10.2 Å². The van der Waals surface area contributed by atoms with E-state index in [9.17, 15) is 9.18 Å².